The molecule has 28 heavy (non-hydrogen) atoms. The van der Waals surface area contributed by atoms with Crippen LogP contribution in [0.25, 0.3) is 0 Å². The van der Waals surface area contributed by atoms with Crippen LogP contribution in [0.15, 0.2) is 0 Å². The van der Waals surface area contributed by atoms with Crippen molar-refractivity contribution in [1.29, 1.82) is 0 Å². The van der Waals surface area contributed by atoms with E-state index in [1.54, 1.807) is 0 Å². The Hall–Kier alpha value is 0.0197. The van der Waals surface area contributed by atoms with E-state index >= 15 is 0 Å². The molecule has 158 valence electrons. The SMILES string of the molecule is CCB(CC)OC[C@@H]1OB(CC)O[C@H]1[C@H]1OB(CC)O[C@@H]1COB(CC)CC. The van der Waals surface area contributed by atoms with Crippen molar-refractivity contribution in [3.63, 3.8) is 0 Å². The van der Waals surface area contributed by atoms with Gasteiger partial charge in [-0.15, -0.1) is 0 Å². The number of hydrogen-bond acceptors (Lipinski definition) is 6. The van der Waals surface area contributed by atoms with Crippen LogP contribution >= 0.6 is 0 Å². The molecule has 0 saturated carbocycles. The molecule has 0 N–H and O–H groups in total. The van der Waals surface area contributed by atoms with Crippen LogP contribution in [0.2, 0.25) is 37.9 Å². The predicted molar refractivity (Wildman–Crippen MR) is 117 cm³/mol. The zero-order valence-electron chi connectivity index (χ0n) is 18.7. The Kier molecular flexibility index (Phi) is 11.0. The van der Waals surface area contributed by atoms with Gasteiger partial charge in [0.2, 0.25) is 0 Å². The molecule has 0 radical (unpaired) electrons. The molecule has 0 aromatic carbocycles. The highest BCUT2D eigenvalue weighted by Crippen LogP contribution is 2.31. The van der Waals surface area contributed by atoms with Gasteiger partial charge in [0.15, 0.2) is 0 Å². The van der Waals surface area contributed by atoms with Gasteiger partial charge in [-0.25, -0.2) is 0 Å². The van der Waals surface area contributed by atoms with Crippen LogP contribution in [0.1, 0.15) is 41.5 Å². The van der Waals surface area contributed by atoms with E-state index < -0.39 is 0 Å². The van der Waals surface area contributed by atoms with Gasteiger partial charge in [0.05, 0.1) is 37.6 Å². The molecule has 4 atom stereocenters. The second-order valence-corrected chi connectivity index (χ2v) is 7.77. The molecule has 0 unspecified atom stereocenters. The second kappa shape index (κ2) is 12.7. The summed E-state index contributed by atoms with van der Waals surface area (Å²) in [6.45, 7) is 14.3. The van der Waals surface area contributed by atoms with Crippen molar-refractivity contribution in [2.45, 2.75) is 104 Å². The normalized spacial score (nSPS) is 27.6. The van der Waals surface area contributed by atoms with E-state index in [9.17, 15) is 0 Å². The fourth-order valence-corrected chi connectivity index (χ4v) is 3.88. The maximum absolute atomic E-state index is 6.23. The number of rotatable bonds is 13. The van der Waals surface area contributed by atoms with Crippen molar-refractivity contribution >= 4 is 28.1 Å². The van der Waals surface area contributed by atoms with E-state index in [1.807, 2.05) is 0 Å². The predicted octanol–water partition coefficient (Wildman–Crippen LogP) is 3.67. The van der Waals surface area contributed by atoms with Gasteiger partial charge in [0.25, 0.3) is 13.8 Å². The Labute approximate surface area is 173 Å². The minimum atomic E-state index is -0.217. The first-order chi connectivity index (χ1) is 13.6. The van der Waals surface area contributed by atoms with Gasteiger partial charge in [0, 0.05) is 0 Å². The van der Waals surface area contributed by atoms with Crippen LogP contribution in [0.4, 0.5) is 0 Å². The maximum atomic E-state index is 6.23. The first-order valence-corrected chi connectivity index (χ1v) is 11.4. The molecular weight excluding hydrogens is 355 g/mol. The summed E-state index contributed by atoms with van der Waals surface area (Å²) in [6.07, 6.45) is 4.90. The van der Waals surface area contributed by atoms with Crippen molar-refractivity contribution in [3.8, 4) is 0 Å². The lowest BCUT2D eigenvalue weighted by Crippen LogP contribution is -2.46. The monoisotopic (exact) mass is 394 g/mol. The maximum Gasteiger partial charge on any atom is 0.457 e. The molecule has 2 heterocycles. The van der Waals surface area contributed by atoms with Crippen molar-refractivity contribution < 1.29 is 27.9 Å². The molecule has 0 aromatic heterocycles. The molecule has 10 heteroatoms. The van der Waals surface area contributed by atoms with E-state index in [4.69, 9.17) is 27.9 Å². The van der Waals surface area contributed by atoms with E-state index in [1.165, 1.54) is 0 Å². The first kappa shape index (κ1) is 24.3. The van der Waals surface area contributed by atoms with Crippen LogP contribution < -0.4 is 0 Å². The summed E-state index contributed by atoms with van der Waals surface area (Å²) >= 11 is 0. The van der Waals surface area contributed by atoms with Crippen LogP contribution in [0.3, 0.4) is 0 Å². The van der Waals surface area contributed by atoms with E-state index in [0.29, 0.717) is 13.2 Å². The summed E-state index contributed by atoms with van der Waals surface area (Å²) in [4.78, 5) is 0. The fourth-order valence-electron chi connectivity index (χ4n) is 3.88. The Morgan fingerprint density at radius 1 is 0.607 bits per heavy atom. The Bertz CT molecular complexity index is 389. The third-order valence-electron chi connectivity index (χ3n) is 5.81. The highest BCUT2D eigenvalue weighted by molar-refractivity contribution is 6.52. The minimum Gasteiger partial charge on any atom is -0.433 e. The lowest BCUT2D eigenvalue weighted by atomic mass is 9.62. The van der Waals surface area contributed by atoms with Crippen molar-refractivity contribution in [1.82, 2.24) is 0 Å². The quantitative estimate of drug-likeness (QED) is 0.445. The van der Waals surface area contributed by atoms with Crippen LogP contribution in [0.5, 0.6) is 0 Å². The summed E-state index contributed by atoms with van der Waals surface area (Å²) in [7, 11) is -0.435. The van der Waals surface area contributed by atoms with Crippen molar-refractivity contribution in [2.24, 2.45) is 0 Å². The molecule has 0 aromatic rings. The molecule has 0 amide bonds. The smallest absolute Gasteiger partial charge is 0.433 e. The average Bonchev–Trinajstić information content (AvgIpc) is 3.33. The molecule has 6 nitrogen and oxygen atoms in total. The lowest BCUT2D eigenvalue weighted by Gasteiger charge is -2.29. The zero-order chi connectivity index (χ0) is 20.5. The summed E-state index contributed by atoms with van der Waals surface area (Å²) in [5, 5.41) is 0. The number of hydrogen-bond donors (Lipinski definition) is 0. The van der Waals surface area contributed by atoms with E-state index in [2.05, 4.69) is 41.5 Å². The van der Waals surface area contributed by atoms with Crippen LogP contribution in [-0.2, 0) is 27.9 Å². The van der Waals surface area contributed by atoms with Crippen molar-refractivity contribution in [2.75, 3.05) is 13.2 Å². The van der Waals surface area contributed by atoms with Gasteiger partial charge in [0.1, 0.15) is 0 Å². The zero-order valence-corrected chi connectivity index (χ0v) is 18.7. The first-order valence-electron chi connectivity index (χ1n) is 11.4. The van der Waals surface area contributed by atoms with Gasteiger partial charge in [-0.05, 0) is 12.6 Å². The molecule has 0 spiro atoms. The van der Waals surface area contributed by atoms with Gasteiger partial charge in [-0.3, -0.25) is 0 Å². The van der Waals surface area contributed by atoms with E-state index in [0.717, 1.165) is 37.9 Å². The average molecular weight is 394 g/mol. The topological polar surface area (TPSA) is 55.4 Å². The molecule has 2 rings (SSSR count). The third kappa shape index (κ3) is 6.51. The minimum absolute atomic E-state index is 0.148. The molecule has 0 aliphatic carbocycles. The molecule has 0 bridgehead atoms. The van der Waals surface area contributed by atoms with Gasteiger partial charge in [-0.1, -0.05) is 66.8 Å². The van der Waals surface area contributed by atoms with Gasteiger partial charge < -0.3 is 27.9 Å². The Morgan fingerprint density at radius 3 is 1.25 bits per heavy atom. The molecule has 2 saturated heterocycles. The second-order valence-electron chi connectivity index (χ2n) is 7.77. The lowest BCUT2D eigenvalue weighted by molar-refractivity contribution is -0.00978. The Morgan fingerprint density at radius 2 is 0.964 bits per heavy atom. The largest absolute Gasteiger partial charge is 0.457 e. The highest BCUT2D eigenvalue weighted by atomic mass is 16.7. The molecule has 2 fully saturated rings. The summed E-state index contributed by atoms with van der Waals surface area (Å²) in [5.41, 5.74) is 0. The van der Waals surface area contributed by atoms with Gasteiger partial charge >= 0.3 is 14.2 Å². The van der Waals surface area contributed by atoms with Crippen LogP contribution in [-0.4, -0.2) is 65.7 Å². The van der Waals surface area contributed by atoms with Gasteiger partial charge in [-0.2, -0.15) is 0 Å². The third-order valence-corrected chi connectivity index (χ3v) is 5.81. The molecular formula is C18H38B4O6. The summed E-state index contributed by atoms with van der Waals surface area (Å²) in [6, 6.07) is 0. The fraction of sp³-hybridized carbons (Fsp3) is 1.00. The molecule has 2 aliphatic heterocycles. The Balaban J connectivity index is 2.04. The standard InChI is InChI=1S/C18H38B4O6/c1-7-19(8-2)23-13-15-17(27-21(11-5)25-15)18-16(26-22(12-6)28-18)14-24-20(9-3)10-4/h15-18H,7-14H2,1-6H3/t15-,16+,17+,18-. The van der Waals surface area contributed by atoms with Crippen LogP contribution in [0, 0.1) is 0 Å². The molecule has 2 aliphatic rings. The summed E-state index contributed by atoms with van der Waals surface area (Å²) in [5.74, 6) is 0. The summed E-state index contributed by atoms with van der Waals surface area (Å²) < 4.78 is 36.9. The van der Waals surface area contributed by atoms with Crippen molar-refractivity contribution in [3.05, 3.63) is 0 Å². The van der Waals surface area contributed by atoms with E-state index in [-0.39, 0.29) is 52.5 Å². The highest BCUT2D eigenvalue weighted by Gasteiger charge is 2.51.